The Bertz CT molecular complexity index is 986. The number of aliphatic hydroxyl groups is 1. The third kappa shape index (κ3) is 4.27. The lowest BCUT2D eigenvalue weighted by molar-refractivity contribution is 0.0950. The Kier molecular flexibility index (Phi) is 5.98. The highest BCUT2D eigenvalue weighted by Gasteiger charge is 2.14. The van der Waals surface area contributed by atoms with Gasteiger partial charge in [-0.1, -0.05) is 23.7 Å². The number of fused-ring (bicyclic) bond motifs is 1. The Balaban J connectivity index is 1.82. The smallest absolute Gasteiger partial charge is 0.256 e. The van der Waals surface area contributed by atoms with Gasteiger partial charge in [-0.05, 0) is 42.2 Å². The Morgan fingerprint density at radius 2 is 2.00 bits per heavy atom. The highest BCUT2D eigenvalue weighted by atomic mass is 35.5. The van der Waals surface area contributed by atoms with E-state index in [1.54, 1.807) is 29.8 Å². The lowest BCUT2D eigenvalue weighted by atomic mass is 10.1. The molecule has 2 aromatic heterocycles. The van der Waals surface area contributed by atoms with Crippen LogP contribution in [-0.2, 0) is 13.0 Å². The molecule has 7 heteroatoms. The number of hydrogen-bond donors (Lipinski definition) is 2. The van der Waals surface area contributed by atoms with E-state index in [0.29, 0.717) is 34.6 Å². The van der Waals surface area contributed by atoms with Gasteiger partial charge in [-0.15, -0.1) is 11.3 Å². The first kappa shape index (κ1) is 18.5. The fourth-order valence-electron chi connectivity index (χ4n) is 2.52. The number of aryl methyl sites for hydroxylation is 1. The van der Waals surface area contributed by atoms with E-state index in [2.05, 4.69) is 10.3 Å². The van der Waals surface area contributed by atoms with Crippen molar-refractivity contribution in [3.8, 4) is 0 Å². The van der Waals surface area contributed by atoms with Gasteiger partial charge in [0.25, 0.3) is 5.91 Å². The van der Waals surface area contributed by atoms with Gasteiger partial charge in [-0.3, -0.25) is 9.59 Å². The van der Waals surface area contributed by atoms with Crippen LogP contribution >= 0.6 is 22.9 Å². The second kappa shape index (κ2) is 8.40. The summed E-state index contributed by atoms with van der Waals surface area (Å²) in [6, 6.07) is 8.90. The van der Waals surface area contributed by atoms with Crippen LogP contribution in [0.5, 0.6) is 0 Å². The molecule has 1 aromatic carbocycles. The number of rotatable bonds is 6. The van der Waals surface area contributed by atoms with Crippen molar-refractivity contribution in [1.82, 2.24) is 10.3 Å². The SMILES string of the molecule is O=C(NCc1ccc(Cl)cc1)c1csc2ncc(CCCO)cc2c1=O. The van der Waals surface area contributed by atoms with Gasteiger partial charge in [0.05, 0.1) is 10.9 Å². The molecule has 0 saturated heterocycles. The minimum Gasteiger partial charge on any atom is -0.396 e. The summed E-state index contributed by atoms with van der Waals surface area (Å²) in [5, 5.41) is 14.3. The third-order valence-corrected chi connectivity index (χ3v) is 5.07. The van der Waals surface area contributed by atoms with E-state index in [0.717, 1.165) is 11.1 Å². The van der Waals surface area contributed by atoms with E-state index in [9.17, 15) is 9.59 Å². The van der Waals surface area contributed by atoms with E-state index >= 15 is 0 Å². The molecule has 26 heavy (non-hydrogen) atoms. The van der Waals surface area contributed by atoms with Crippen molar-refractivity contribution in [3.05, 3.63) is 73.8 Å². The number of aromatic nitrogens is 1. The topological polar surface area (TPSA) is 79.3 Å². The minimum atomic E-state index is -0.413. The number of benzene rings is 1. The molecule has 5 nitrogen and oxygen atoms in total. The number of carbonyl (C=O) groups is 1. The summed E-state index contributed by atoms with van der Waals surface area (Å²) in [5.74, 6) is -0.413. The van der Waals surface area contributed by atoms with Crippen molar-refractivity contribution in [2.24, 2.45) is 0 Å². The maximum atomic E-state index is 12.7. The highest BCUT2D eigenvalue weighted by Crippen LogP contribution is 2.17. The summed E-state index contributed by atoms with van der Waals surface area (Å²) in [4.78, 5) is 30.0. The molecule has 0 saturated carbocycles. The molecule has 0 unspecified atom stereocenters. The minimum absolute atomic E-state index is 0.0814. The number of carbonyl (C=O) groups excluding carboxylic acids is 1. The molecule has 0 aliphatic carbocycles. The van der Waals surface area contributed by atoms with Crippen molar-refractivity contribution in [3.63, 3.8) is 0 Å². The molecule has 0 spiro atoms. The third-order valence-electron chi connectivity index (χ3n) is 3.92. The predicted octanol–water partition coefficient (Wildman–Crippen LogP) is 3.16. The Morgan fingerprint density at radius 1 is 1.23 bits per heavy atom. The number of hydrogen-bond acceptors (Lipinski definition) is 5. The number of nitrogens with zero attached hydrogens (tertiary/aromatic N) is 1. The Hall–Kier alpha value is -2.28. The predicted molar refractivity (Wildman–Crippen MR) is 104 cm³/mol. The van der Waals surface area contributed by atoms with Crippen LogP contribution in [0.15, 0.2) is 46.7 Å². The molecular weight excluding hydrogens is 372 g/mol. The largest absolute Gasteiger partial charge is 0.396 e. The van der Waals surface area contributed by atoms with Crippen molar-refractivity contribution in [2.75, 3.05) is 6.61 Å². The Labute approximate surface area is 159 Å². The van der Waals surface area contributed by atoms with Crippen molar-refractivity contribution < 1.29 is 9.90 Å². The number of nitrogens with one attached hydrogen (secondary N) is 1. The monoisotopic (exact) mass is 388 g/mol. The molecule has 1 amide bonds. The number of halogens is 1. The van der Waals surface area contributed by atoms with Crippen LogP contribution in [-0.4, -0.2) is 22.6 Å². The lowest BCUT2D eigenvalue weighted by Crippen LogP contribution is -2.28. The first-order valence-corrected chi connectivity index (χ1v) is 9.38. The van der Waals surface area contributed by atoms with E-state index < -0.39 is 5.91 Å². The fraction of sp³-hybridized carbons (Fsp3) is 0.211. The maximum Gasteiger partial charge on any atom is 0.256 e. The number of amides is 1. The zero-order chi connectivity index (χ0) is 18.5. The molecule has 0 aliphatic heterocycles. The average molecular weight is 389 g/mol. The van der Waals surface area contributed by atoms with Crippen LogP contribution < -0.4 is 10.7 Å². The number of pyridine rings is 1. The van der Waals surface area contributed by atoms with Gasteiger partial charge in [0, 0.05) is 29.8 Å². The molecular formula is C19H17ClN2O3S. The van der Waals surface area contributed by atoms with E-state index in [-0.39, 0.29) is 17.6 Å². The summed E-state index contributed by atoms with van der Waals surface area (Å²) in [6.07, 6.45) is 2.94. The zero-order valence-electron chi connectivity index (χ0n) is 13.9. The molecule has 3 rings (SSSR count). The van der Waals surface area contributed by atoms with Gasteiger partial charge < -0.3 is 10.4 Å². The van der Waals surface area contributed by atoms with Gasteiger partial charge in [0.15, 0.2) is 0 Å². The summed E-state index contributed by atoms with van der Waals surface area (Å²) in [7, 11) is 0. The van der Waals surface area contributed by atoms with Gasteiger partial charge in [0.1, 0.15) is 4.83 Å². The molecule has 0 fully saturated rings. The van der Waals surface area contributed by atoms with Gasteiger partial charge in [-0.25, -0.2) is 4.98 Å². The van der Waals surface area contributed by atoms with Crippen LogP contribution in [0.3, 0.4) is 0 Å². The second-order valence-electron chi connectivity index (χ2n) is 5.81. The molecule has 0 bridgehead atoms. The van der Waals surface area contributed by atoms with Gasteiger partial charge in [0.2, 0.25) is 5.43 Å². The summed E-state index contributed by atoms with van der Waals surface area (Å²) < 4.78 is 0. The summed E-state index contributed by atoms with van der Waals surface area (Å²) in [6.45, 7) is 0.394. The quantitative estimate of drug-likeness (QED) is 0.679. The van der Waals surface area contributed by atoms with Gasteiger partial charge in [-0.2, -0.15) is 0 Å². The normalized spacial score (nSPS) is 10.8. The van der Waals surface area contributed by atoms with Crippen LogP contribution in [0.4, 0.5) is 0 Å². The molecule has 134 valence electrons. The molecule has 0 radical (unpaired) electrons. The van der Waals surface area contributed by atoms with E-state index in [1.165, 1.54) is 11.3 Å². The van der Waals surface area contributed by atoms with E-state index in [4.69, 9.17) is 16.7 Å². The fourth-order valence-corrected chi connectivity index (χ4v) is 3.48. The van der Waals surface area contributed by atoms with Crippen LogP contribution in [0.1, 0.15) is 27.9 Å². The van der Waals surface area contributed by atoms with Gasteiger partial charge >= 0.3 is 0 Å². The second-order valence-corrected chi connectivity index (χ2v) is 7.11. The standard InChI is InChI=1S/C19H17ClN2O3S/c20-14-5-3-12(4-6-14)9-21-18(25)16-11-26-19-15(17(16)24)8-13(10-22-19)2-1-7-23/h3-6,8,10-11,23H,1-2,7,9H2,(H,21,25). The first-order valence-electron chi connectivity index (χ1n) is 8.12. The van der Waals surface area contributed by atoms with Crippen molar-refractivity contribution >= 4 is 39.1 Å². The molecule has 2 heterocycles. The highest BCUT2D eigenvalue weighted by molar-refractivity contribution is 7.16. The summed E-state index contributed by atoms with van der Waals surface area (Å²) >= 11 is 7.11. The molecule has 2 N–H and O–H groups in total. The molecule has 0 aliphatic rings. The number of aliphatic hydroxyl groups excluding tert-OH is 1. The molecule has 0 atom stereocenters. The summed E-state index contributed by atoms with van der Waals surface area (Å²) in [5.41, 5.74) is 1.55. The Morgan fingerprint density at radius 3 is 2.73 bits per heavy atom. The zero-order valence-corrected chi connectivity index (χ0v) is 15.4. The van der Waals surface area contributed by atoms with Crippen molar-refractivity contribution in [2.45, 2.75) is 19.4 Å². The average Bonchev–Trinajstić information content (AvgIpc) is 2.66. The van der Waals surface area contributed by atoms with Crippen molar-refractivity contribution in [1.29, 1.82) is 0 Å². The molecule has 3 aromatic rings. The first-order chi connectivity index (χ1) is 12.6. The van der Waals surface area contributed by atoms with E-state index in [1.807, 2.05) is 12.1 Å². The van der Waals surface area contributed by atoms with Crippen LogP contribution in [0.2, 0.25) is 5.02 Å². The van der Waals surface area contributed by atoms with Crippen LogP contribution in [0.25, 0.3) is 10.2 Å². The maximum absolute atomic E-state index is 12.7. The lowest BCUT2D eigenvalue weighted by Gasteiger charge is -2.06. The van der Waals surface area contributed by atoms with Crippen LogP contribution in [0, 0.1) is 0 Å².